The van der Waals surface area contributed by atoms with Crippen LogP contribution in [-0.2, 0) is 19.7 Å². The first-order valence-electron chi connectivity index (χ1n) is 2.30. The molecule has 0 aliphatic rings. The molecule has 0 N–H and O–H groups in total. The van der Waals surface area contributed by atoms with Gasteiger partial charge in [-0.1, -0.05) is 5.92 Å². The van der Waals surface area contributed by atoms with E-state index in [2.05, 4.69) is 14.3 Å². The standard InChI is InChI=1S/C5H8O3S/c1-4-5(2)8-9(6)7-3/h1,5H,2-3H3. The maximum atomic E-state index is 10.4. The van der Waals surface area contributed by atoms with E-state index in [4.69, 9.17) is 6.42 Å². The van der Waals surface area contributed by atoms with Gasteiger partial charge in [-0.2, -0.15) is 4.21 Å². The summed E-state index contributed by atoms with van der Waals surface area (Å²) in [4.78, 5) is 0. The molecular weight excluding hydrogens is 140 g/mol. The van der Waals surface area contributed by atoms with E-state index in [1.807, 2.05) is 0 Å². The van der Waals surface area contributed by atoms with Gasteiger partial charge in [0.15, 0.2) is 0 Å². The summed E-state index contributed by atoms with van der Waals surface area (Å²) < 4.78 is 19.2. The van der Waals surface area contributed by atoms with E-state index in [0.29, 0.717) is 0 Å². The molecule has 0 rings (SSSR count). The molecule has 0 saturated carbocycles. The first kappa shape index (κ1) is 8.63. The zero-order valence-electron chi connectivity index (χ0n) is 5.29. The second-order valence-corrected chi connectivity index (χ2v) is 2.21. The highest BCUT2D eigenvalue weighted by molar-refractivity contribution is 7.75. The Hall–Kier alpha value is -0.370. The molecule has 0 aliphatic heterocycles. The minimum absolute atomic E-state index is 0.467. The van der Waals surface area contributed by atoms with Crippen molar-refractivity contribution in [3.63, 3.8) is 0 Å². The Bertz CT molecular complexity index is 138. The molecule has 0 aromatic carbocycles. The maximum Gasteiger partial charge on any atom is 0.305 e. The van der Waals surface area contributed by atoms with Crippen molar-refractivity contribution in [2.75, 3.05) is 7.11 Å². The summed E-state index contributed by atoms with van der Waals surface area (Å²) in [6.07, 6.45) is 4.44. The van der Waals surface area contributed by atoms with E-state index in [9.17, 15) is 4.21 Å². The van der Waals surface area contributed by atoms with Crippen LogP contribution < -0.4 is 0 Å². The Morgan fingerprint density at radius 1 is 1.78 bits per heavy atom. The van der Waals surface area contributed by atoms with E-state index in [1.54, 1.807) is 6.92 Å². The van der Waals surface area contributed by atoms with E-state index in [-0.39, 0.29) is 0 Å². The molecule has 9 heavy (non-hydrogen) atoms. The highest BCUT2D eigenvalue weighted by atomic mass is 32.2. The zero-order chi connectivity index (χ0) is 7.28. The second-order valence-electron chi connectivity index (χ2n) is 1.28. The molecule has 0 amide bonds. The van der Waals surface area contributed by atoms with Gasteiger partial charge in [0, 0.05) is 0 Å². The fourth-order valence-electron chi connectivity index (χ4n) is 0.185. The Kier molecular flexibility index (Phi) is 4.32. The van der Waals surface area contributed by atoms with Crippen molar-refractivity contribution in [3.05, 3.63) is 0 Å². The van der Waals surface area contributed by atoms with Gasteiger partial charge in [0.1, 0.15) is 6.10 Å². The van der Waals surface area contributed by atoms with Crippen LogP contribution in [0.3, 0.4) is 0 Å². The summed E-state index contributed by atoms with van der Waals surface area (Å²) in [5.41, 5.74) is 0. The van der Waals surface area contributed by atoms with Crippen molar-refractivity contribution in [1.29, 1.82) is 0 Å². The molecule has 0 fully saturated rings. The first-order valence-corrected chi connectivity index (χ1v) is 3.30. The van der Waals surface area contributed by atoms with Gasteiger partial charge in [-0.15, -0.1) is 6.42 Å². The Morgan fingerprint density at radius 3 is 2.67 bits per heavy atom. The van der Waals surface area contributed by atoms with Gasteiger partial charge in [0.05, 0.1) is 7.11 Å². The lowest BCUT2D eigenvalue weighted by atomic mass is 10.4. The molecule has 0 bridgehead atoms. The number of hydrogen-bond donors (Lipinski definition) is 0. The molecule has 0 aromatic rings. The fraction of sp³-hybridized carbons (Fsp3) is 0.600. The third kappa shape index (κ3) is 4.15. The summed E-state index contributed by atoms with van der Waals surface area (Å²) in [6, 6.07) is 0. The molecule has 2 unspecified atom stereocenters. The van der Waals surface area contributed by atoms with E-state index in [1.165, 1.54) is 7.11 Å². The van der Waals surface area contributed by atoms with Crippen LogP contribution in [-0.4, -0.2) is 17.4 Å². The van der Waals surface area contributed by atoms with Crippen LogP contribution >= 0.6 is 0 Å². The van der Waals surface area contributed by atoms with Gasteiger partial charge in [0.25, 0.3) is 0 Å². The van der Waals surface area contributed by atoms with Crippen LogP contribution in [0.5, 0.6) is 0 Å². The minimum Gasteiger partial charge on any atom is -0.272 e. The Balaban J connectivity index is 3.50. The third-order valence-electron chi connectivity index (χ3n) is 0.594. The van der Waals surface area contributed by atoms with Gasteiger partial charge >= 0.3 is 11.4 Å². The summed E-state index contributed by atoms with van der Waals surface area (Å²) in [5.74, 6) is 2.23. The molecule has 3 nitrogen and oxygen atoms in total. The lowest BCUT2D eigenvalue weighted by molar-refractivity contribution is 0.255. The van der Waals surface area contributed by atoms with Crippen molar-refractivity contribution >= 4 is 11.4 Å². The maximum absolute atomic E-state index is 10.4. The highest BCUT2D eigenvalue weighted by Crippen LogP contribution is 1.92. The molecule has 0 radical (unpaired) electrons. The molecule has 4 heteroatoms. The average Bonchev–Trinajstić information content (AvgIpc) is 1.87. The molecule has 0 heterocycles. The second kappa shape index (κ2) is 4.50. The van der Waals surface area contributed by atoms with E-state index < -0.39 is 17.5 Å². The van der Waals surface area contributed by atoms with Crippen molar-refractivity contribution in [2.45, 2.75) is 13.0 Å². The quantitative estimate of drug-likeness (QED) is 0.538. The lowest BCUT2D eigenvalue weighted by Crippen LogP contribution is -2.08. The van der Waals surface area contributed by atoms with Crippen molar-refractivity contribution in [2.24, 2.45) is 0 Å². The van der Waals surface area contributed by atoms with Crippen LogP contribution in [0.15, 0.2) is 0 Å². The van der Waals surface area contributed by atoms with Gasteiger partial charge in [-0.05, 0) is 6.92 Å². The molecule has 0 saturated heterocycles. The number of rotatable bonds is 3. The Labute approximate surface area is 57.2 Å². The summed E-state index contributed by atoms with van der Waals surface area (Å²) in [7, 11) is 1.28. The van der Waals surface area contributed by atoms with Crippen LogP contribution in [0.4, 0.5) is 0 Å². The molecular formula is C5H8O3S. The van der Waals surface area contributed by atoms with Gasteiger partial charge in [0.2, 0.25) is 0 Å². The molecule has 0 aliphatic carbocycles. The summed E-state index contributed by atoms with van der Waals surface area (Å²) in [6.45, 7) is 1.61. The average molecular weight is 148 g/mol. The van der Waals surface area contributed by atoms with Crippen LogP contribution in [0, 0.1) is 12.3 Å². The molecule has 0 aromatic heterocycles. The van der Waals surface area contributed by atoms with Gasteiger partial charge < -0.3 is 0 Å². The van der Waals surface area contributed by atoms with E-state index >= 15 is 0 Å². The van der Waals surface area contributed by atoms with Crippen LogP contribution in [0.2, 0.25) is 0 Å². The summed E-state index contributed by atoms with van der Waals surface area (Å²) in [5, 5.41) is 0. The van der Waals surface area contributed by atoms with Gasteiger partial charge in [-0.25, -0.2) is 0 Å². The Morgan fingerprint density at radius 2 is 2.33 bits per heavy atom. The minimum atomic E-state index is -1.70. The normalized spacial score (nSPS) is 16.1. The predicted octanol–water partition coefficient (Wildman–Crippen LogP) is 0.250. The number of terminal acetylenes is 1. The predicted molar refractivity (Wildman–Crippen MR) is 34.5 cm³/mol. The largest absolute Gasteiger partial charge is 0.305 e. The summed E-state index contributed by atoms with van der Waals surface area (Å²) >= 11 is -1.70. The van der Waals surface area contributed by atoms with E-state index in [0.717, 1.165) is 0 Å². The topological polar surface area (TPSA) is 35.5 Å². The van der Waals surface area contributed by atoms with Gasteiger partial charge in [-0.3, -0.25) is 8.37 Å². The first-order chi connectivity index (χ1) is 4.20. The molecule has 52 valence electrons. The molecule has 0 spiro atoms. The van der Waals surface area contributed by atoms with Crippen molar-refractivity contribution in [3.8, 4) is 12.3 Å². The SMILES string of the molecule is C#CC(C)OS(=O)OC. The lowest BCUT2D eigenvalue weighted by Gasteiger charge is -2.00. The van der Waals surface area contributed by atoms with Crippen LogP contribution in [0.25, 0.3) is 0 Å². The number of hydrogen-bond acceptors (Lipinski definition) is 3. The molecule has 2 atom stereocenters. The van der Waals surface area contributed by atoms with Crippen molar-refractivity contribution < 1.29 is 12.6 Å². The third-order valence-corrected chi connectivity index (χ3v) is 1.31. The van der Waals surface area contributed by atoms with Crippen LogP contribution in [0.1, 0.15) is 6.92 Å². The zero-order valence-corrected chi connectivity index (χ0v) is 6.10. The smallest absolute Gasteiger partial charge is 0.272 e. The highest BCUT2D eigenvalue weighted by Gasteiger charge is 2.01. The van der Waals surface area contributed by atoms with Crippen molar-refractivity contribution in [1.82, 2.24) is 0 Å². The monoisotopic (exact) mass is 148 g/mol. The fourth-order valence-corrected chi connectivity index (χ4v) is 0.555.